The molecule has 0 aromatic rings. The average molecular weight is 255 g/mol. The molecule has 0 spiro atoms. The van der Waals surface area contributed by atoms with Gasteiger partial charge < -0.3 is 10.5 Å². The highest BCUT2D eigenvalue weighted by Crippen LogP contribution is 2.30. The molecule has 3 heteroatoms. The Balaban J connectivity index is 2.23. The lowest BCUT2D eigenvalue weighted by Crippen LogP contribution is -2.28. The van der Waals surface area contributed by atoms with Gasteiger partial charge >= 0.3 is 5.97 Å². The first kappa shape index (κ1) is 15.5. The van der Waals surface area contributed by atoms with Gasteiger partial charge in [-0.3, -0.25) is 4.79 Å². The van der Waals surface area contributed by atoms with Gasteiger partial charge in [-0.2, -0.15) is 0 Å². The molecule has 1 rings (SSSR count). The third-order valence-corrected chi connectivity index (χ3v) is 3.93. The Morgan fingerprint density at radius 1 is 1.22 bits per heavy atom. The van der Waals surface area contributed by atoms with E-state index in [4.69, 9.17) is 10.5 Å². The van der Waals surface area contributed by atoms with Crippen molar-refractivity contribution in [1.29, 1.82) is 0 Å². The quantitative estimate of drug-likeness (QED) is 0.742. The topological polar surface area (TPSA) is 52.3 Å². The first-order valence-electron chi connectivity index (χ1n) is 7.40. The average Bonchev–Trinajstić information content (AvgIpc) is 2.25. The summed E-state index contributed by atoms with van der Waals surface area (Å²) >= 11 is 0. The Kier molecular flexibility index (Phi) is 6.69. The summed E-state index contributed by atoms with van der Waals surface area (Å²) in [6.45, 7) is 7.35. The van der Waals surface area contributed by atoms with Gasteiger partial charge in [0.15, 0.2) is 0 Å². The third-order valence-electron chi connectivity index (χ3n) is 3.93. The molecule has 0 saturated heterocycles. The third kappa shape index (κ3) is 5.85. The van der Waals surface area contributed by atoms with Gasteiger partial charge in [0, 0.05) is 6.42 Å². The van der Waals surface area contributed by atoms with Crippen LogP contribution in [-0.2, 0) is 9.53 Å². The zero-order valence-corrected chi connectivity index (χ0v) is 12.2. The Bertz CT molecular complexity index is 245. The van der Waals surface area contributed by atoms with Gasteiger partial charge in [-0.05, 0) is 56.4 Å². The highest BCUT2D eigenvalue weighted by molar-refractivity contribution is 5.69. The minimum absolute atomic E-state index is 0.0230. The molecule has 1 fully saturated rings. The zero-order valence-electron chi connectivity index (χ0n) is 12.2. The van der Waals surface area contributed by atoms with E-state index in [1.165, 1.54) is 6.42 Å². The number of carbonyl (C=O) groups excluding carboxylic acids is 1. The van der Waals surface area contributed by atoms with Crippen LogP contribution in [0.2, 0.25) is 0 Å². The molecular weight excluding hydrogens is 226 g/mol. The molecule has 2 N–H and O–H groups in total. The van der Waals surface area contributed by atoms with Gasteiger partial charge in [-0.25, -0.2) is 0 Å². The van der Waals surface area contributed by atoms with Crippen LogP contribution < -0.4 is 5.73 Å². The van der Waals surface area contributed by atoms with Crippen LogP contribution in [0.5, 0.6) is 0 Å². The highest BCUT2D eigenvalue weighted by Gasteiger charge is 2.26. The number of esters is 1. The summed E-state index contributed by atoms with van der Waals surface area (Å²) in [6, 6.07) is 0. The molecule has 3 unspecified atom stereocenters. The van der Waals surface area contributed by atoms with Crippen LogP contribution in [0.25, 0.3) is 0 Å². The van der Waals surface area contributed by atoms with Crippen molar-refractivity contribution in [2.45, 2.75) is 65.4 Å². The lowest BCUT2D eigenvalue weighted by molar-refractivity contribution is -0.152. The molecular formula is C15H29NO2. The fourth-order valence-electron chi connectivity index (χ4n) is 3.01. The summed E-state index contributed by atoms with van der Waals surface area (Å²) in [7, 11) is 0. The molecule has 18 heavy (non-hydrogen) atoms. The summed E-state index contributed by atoms with van der Waals surface area (Å²) in [6.07, 6.45) is 5.92. The SMILES string of the molecule is CC(CCN)CCC(=O)OC1CC(C)CC(C)C1. The maximum Gasteiger partial charge on any atom is 0.306 e. The van der Waals surface area contributed by atoms with Gasteiger partial charge in [0.1, 0.15) is 6.10 Å². The minimum Gasteiger partial charge on any atom is -0.462 e. The summed E-state index contributed by atoms with van der Waals surface area (Å²) in [4.78, 5) is 11.8. The monoisotopic (exact) mass is 255 g/mol. The number of nitrogens with two attached hydrogens (primary N) is 1. The number of hydrogen-bond donors (Lipinski definition) is 1. The van der Waals surface area contributed by atoms with Crippen molar-refractivity contribution >= 4 is 5.97 Å². The van der Waals surface area contributed by atoms with Crippen LogP contribution in [-0.4, -0.2) is 18.6 Å². The van der Waals surface area contributed by atoms with Gasteiger partial charge in [0.2, 0.25) is 0 Å². The van der Waals surface area contributed by atoms with E-state index in [9.17, 15) is 4.79 Å². The van der Waals surface area contributed by atoms with Crippen LogP contribution in [0.15, 0.2) is 0 Å². The molecule has 1 aliphatic carbocycles. The Morgan fingerprint density at radius 3 is 2.39 bits per heavy atom. The predicted molar refractivity (Wildman–Crippen MR) is 74.1 cm³/mol. The van der Waals surface area contributed by atoms with Crippen molar-refractivity contribution in [2.75, 3.05) is 6.54 Å². The van der Waals surface area contributed by atoms with Gasteiger partial charge in [0.05, 0.1) is 0 Å². The summed E-state index contributed by atoms with van der Waals surface area (Å²) in [5.74, 6) is 1.86. The molecule has 0 amide bonds. The standard InChI is InChI=1S/C15H29NO2/c1-11(6-7-16)4-5-15(17)18-14-9-12(2)8-13(3)10-14/h11-14H,4-10,16H2,1-3H3. The van der Waals surface area contributed by atoms with E-state index in [1.54, 1.807) is 0 Å². The van der Waals surface area contributed by atoms with Gasteiger partial charge in [0.25, 0.3) is 0 Å². The van der Waals surface area contributed by atoms with Crippen molar-refractivity contribution in [3.8, 4) is 0 Å². The van der Waals surface area contributed by atoms with Crippen LogP contribution in [0.3, 0.4) is 0 Å². The van der Waals surface area contributed by atoms with Crippen LogP contribution >= 0.6 is 0 Å². The zero-order chi connectivity index (χ0) is 13.5. The van der Waals surface area contributed by atoms with Crippen LogP contribution in [0.1, 0.15) is 59.3 Å². The fraction of sp³-hybridized carbons (Fsp3) is 0.933. The van der Waals surface area contributed by atoms with E-state index in [-0.39, 0.29) is 12.1 Å². The van der Waals surface area contributed by atoms with Gasteiger partial charge in [-0.15, -0.1) is 0 Å². The molecule has 106 valence electrons. The first-order chi connectivity index (χ1) is 8.51. The Hall–Kier alpha value is -0.570. The smallest absolute Gasteiger partial charge is 0.306 e. The summed E-state index contributed by atoms with van der Waals surface area (Å²) in [5.41, 5.74) is 5.50. The normalized spacial score (nSPS) is 29.9. The number of hydrogen-bond acceptors (Lipinski definition) is 3. The second kappa shape index (κ2) is 7.78. The number of rotatable bonds is 6. The molecule has 0 radical (unpaired) electrons. The number of ether oxygens (including phenoxy) is 1. The van der Waals surface area contributed by atoms with Crippen LogP contribution in [0, 0.1) is 17.8 Å². The second-order valence-electron chi connectivity index (χ2n) is 6.25. The molecule has 0 aromatic carbocycles. The van der Waals surface area contributed by atoms with Crippen molar-refractivity contribution in [3.05, 3.63) is 0 Å². The molecule has 3 atom stereocenters. The lowest BCUT2D eigenvalue weighted by Gasteiger charge is -2.31. The number of carbonyl (C=O) groups is 1. The van der Waals surface area contributed by atoms with E-state index >= 15 is 0 Å². The van der Waals surface area contributed by atoms with Crippen LogP contribution in [0.4, 0.5) is 0 Å². The highest BCUT2D eigenvalue weighted by atomic mass is 16.5. The molecule has 1 aliphatic rings. The Morgan fingerprint density at radius 2 is 1.83 bits per heavy atom. The molecule has 3 nitrogen and oxygen atoms in total. The molecule has 0 heterocycles. The van der Waals surface area contributed by atoms with E-state index in [0.29, 0.717) is 30.7 Å². The molecule has 1 saturated carbocycles. The van der Waals surface area contributed by atoms with E-state index in [0.717, 1.165) is 25.7 Å². The summed E-state index contributed by atoms with van der Waals surface area (Å²) < 4.78 is 5.59. The second-order valence-corrected chi connectivity index (χ2v) is 6.25. The predicted octanol–water partition coefficient (Wildman–Crippen LogP) is 3.12. The van der Waals surface area contributed by atoms with Crippen molar-refractivity contribution in [2.24, 2.45) is 23.5 Å². The largest absolute Gasteiger partial charge is 0.462 e. The molecule has 0 bridgehead atoms. The van der Waals surface area contributed by atoms with Crippen molar-refractivity contribution in [3.63, 3.8) is 0 Å². The first-order valence-corrected chi connectivity index (χ1v) is 7.40. The Labute approximate surface area is 111 Å². The minimum atomic E-state index is -0.0230. The van der Waals surface area contributed by atoms with E-state index < -0.39 is 0 Å². The van der Waals surface area contributed by atoms with E-state index in [2.05, 4.69) is 20.8 Å². The maximum atomic E-state index is 11.8. The maximum absolute atomic E-state index is 11.8. The van der Waals surface area contributed by atoms with Crippen molar-refractivity contribution in [1.82, 2.24) is 0 Å². The van der Waals surface area contributed by atoms with Gasteiger partial charge in [-0.1, -0.05) is 20.8 Å². The lowest BCUT2D eigenvalue weighted by atomic mass is 9.82. The molecule has 0 aromatic heterocycles. The summed E-state index contributed by atoms with van der Waals surface area (Å²) in [5, 5.41) is 0. The fourth-order valence-corrected chi connectivity index (χ4v) is 3.01. The molecule has 0 aliphatic heterocycles. The van der Waals surface area contributed by atoms with Crippen molar-refractivity contribution < 1.29 is 9.53 Å². The van der Waals surface area contributed by atoms with E-state index in [1.807, 2.05) is 0 Å².